The number of carbonyl (C=O) groups excluding carboxylic acids is 2. The van der Waals surface area contributed by atoms with Crippen LogP contribution in [0.15, 0.2) is 0 Å². The molecule has 0 aromatic rings. The summed E-state index contributed by atoms with van der Waals surface area (Å²) >= 11 is 0. The Labute approximate surface area is 124 Å². The van der Waals surface area contributed by atoms with Crippen LogP contribution in [-0.4, -0.2) is 38.4 Å². The van der Waals surface area contributed by atoms with Crippen molar-refractivity contribution in [2.24, 2.45) is 28.6 Å². The largest absolute Gasteiger partial charge is 0.467 e. The van der Waals surface area contributed by atoms with Gasteiger partial charge >= 0.3 is 11.9 Å². The molecule has 0 saturated heterocycles. The molecule has 0 N–H and O–H groups in total. The molecule has 0 aromatic heterocycles. The monoisotopic (exact) mass is 294 g/mol. The van der Waals surface area contributed by atoms with Gasteiger partial charge in [-0.25, -0.2) is 4.79 Å². The second-order valence-electron chi connectivity index (χ2n) is 7.36. The molecular weight excluding hydrogens is 272 g/mol. The van der Waals surface area contributed by atoms with Crippen LogP contribution in [-0.2, 0) is 23.8 Å². The van der Waals surface area contributed by atoms with Gasteiger partial charge in [0.2, 0.25) is 0 Å². The lowest BCUT2D eigenvalue weighted by Gasteiger charge is -2.74. The summed E-state index contributed by atoms with van der Waals surface area (Å²) in [6.45, 7) is 2.12. The Balaban J connectivity index is 1.45. The number of fused-ring (bicyclic) bond motifs is 1. The highest BCUT2D eigenvalue weighted by atomic mass is 16.6. The summed E-state index contributed by atoms with van der Waals surface area (Å²) in [7, 11) is 1.39. The van der Waals surface area contributed by atoms with Gasteiger partial charge in [0.1, 0.15) is 6.61 Å². The Morgan fingerprint density at radius 1 is 1.24 bits per heavy atom. The maximum atomic E-state index is 11.3. The molecule has 4 fully saturated rings. The number of esters is 2. The fourth-order valence-corrected chi connectivity index (χ4v) is 6.25. The summed E-state index contributed by atoms with van der Waals surface area (Å²) in [5.74, 6) is 1.43. The van der Waals surface area contributed by atoms with E-state index >= 15 is 0 Å². The lowest BCUT2D eigenvalue weighted by molar-refractivity contribution is -0.299. The van der Waals surface area contributed by atoms with Gasteiger partial charge in [-0.15, -0.1) is 0 Å². The predicted octanol–water partition coefficient (Wildman–Crippen LogP) is 1.54. The van der Waals surface area contributed by atoms with Gasteiger partial charge in [0.05, 0.1) is 19.8 Å². The molecule has 4 rings (SSSR count). The van der Waals surface area contributed by atoms with Crippen LogP contribution in [0.1, 0.15) is 32.6 Å². The van der Waals surface area contributed by atoms with Crippen molar-refractivity contribution in [1.29, 1.82) is 0 Å². The van der Waals surface area contributed by atoms with Gasteiger partial charge in [0.15, 0.2) is 0 Å². The van der Waals surface area contributed by atoms with Crippen molar-refractivity contribution in [3.63, 3.8) is 0 Å². The average molecular weight is 294 g/mol. The summed E-state index contributed by atoms with van der Waals surface area (Å²) in [6.07, 6.45) is 4.89. The third-order valence-corrected chi connectivity index (χ3v) is 6.85. The maximum absolute atomic E-state index is 11.3. The highest BCUT2D eigenvalue weighted by molar-refractivity contribution is 5.70. The van der Waals surface area contributed by atoms with Crippen LogP contribution in [0.25, 0.3) is 0 Å². The molecule has 21 heavy (non-hydrogen) atoms. The molecule has 4 aliphatic rings. The van der Waals surface area contributed by atoms with Crippen molar-refractivity contribution in [1.82, 2.24) is 0 Å². The maximum Gasteiger partial charge on any atom is 0.331 e. The molecule has 116 valence electrons. The number of hydrogen-bond donors (Lipinski definition) is 0. The van der Waals surface area contributed by atoms with E-state index < -0.39 is 0 Å². The molecule has 0 heterocycles. The zero-order chi connectivity index (χ0) is 14.8. The van der Waals surface area contributed by atoms with Crippen LogP contribution in [0, 0.1) is 28.6 Å². The number of hydrogen-bond acceptors (Lipinski definition) is 5. The van der Waals surface area contributed by atoms with Crippen molar-refractivity contribution >= 4 is 11.9 Å². The second kappa shape index (κ2) is 4.22. The SMILES string of the molecule is COC(=O)COC1C2CC3CC4(COC(C)=O)CC1C34C2. The van der Waals surface area contributed by atoms with Crippen LogP contribution in [0.2, 0.25) is 0 Å². The third-order valence-electron chi connectivity index (χ3n) is 6.85. The topological polar surface area (TPSA) is 61.8 Å². The Bertz CT molecular complexity index is 503. The molecular formula is C16H22O5. The van der Waals surface area contributed by atoms with Gasteiger partial charge in [0, 0.05) is 12.3 Å². The van der Waals surface area contributed by atoms with E-state index in [0.717, 1.165) is 12.3 Å². The Morgan fingerprint density at radius 2 is 2.05 bits per heavy atom. The summed E-state index contributed by atoms with van der Waals surface area (Å²) in [5, 5.41) is 0. The van der Waals surface area contributed by atoms with E-state index in [1.165, 1.54) is 33.3 Å². The van der Waals surface area contributed by atoms with Crippen molar-refractivity contribution < 1.29 is 23.8 Å². The first-order chi connectivity index (χ1) is 10.0. The fraction of sp³-hybridized carbons (Fsp3) is 0.875. The standard InChI is InChI=1S/C16H22O5/c1-9(17)21-8-15-5-11-3-10-4-16(11,15)12(6-15)14(10)20-7-13(18)19-2/h10-12,14H,3-8H2,1-2H3. The summed E-state index contributed by atoms with van der Waals surface area (Å²) < 4.78 is 15.9. The van der Waals surface area contributed by atoms with Gasteiger partial charge in [-0.1, -0.05) is 0 Å². The van der Waals surface area contributed by atoms with Gasteiger partial charge in [-0.05, 0) is 48.9 Å². The molecule has 6 atom stereocenters. The van der Waals surface area contributed by atoms with Crippen molar-refractivity contribution in [2.75, 3.05) is 20.3 Å². The predicted molar refractivity (Wildman–Crippen MR) is 72.2 cm³/mol. The number of ether oxygens (including phenoxy) is 3. The lowest BCUT2D eigenvalue weighted by atomic mass is 9.30. The molecule has 6 unspecified atom stereocenters. The van der Waals surface area contributed by atoms with Crippen LogP contribution in [0.4, 0.5) is 0 Å². The van der Waals surface area contributed by atoms with Crippen LogP contribution in [0.5, 0.6) is 0 Å². The quantitative estimate of drug-likeness (QED) is 0.720. The van der Waals surface area contributed by atoms with E-state index in [9.17, 15) is 9.59 Å². The highest BCUT2D eigenvalue weighted by Gasteiger charge is 2.83. The van der Waals surface area contributed by atoms with E-state index in [2.05, 4.69) is 4.74 Å². The molecule has 0 amide bonds. The number of methoxy groups -OCH3 is 1. The molecule has 0 aliphatic heterocycles. The normalized spacial score (nSPS) is 48.1. The van der Waals surface area contributed by atoms with Gasteiger partial charge in [0.25, 0.3) is 0 Å². The third kappa shape index (κ3) is 1.50. The van der Waals surface area contributed by atoms with Crippen LogP contribution < -0.4 is 0 Å². The van der Waals surface area contributed by atoms with E-state index in [0.29, 0.717) is 23.9 Å². The lowest BCUT2D eigenvalue weighted by Crippen LogP contribution is -2.72. The average Bonchev–Trinajstić information content (AvgIpc) is 2.93. The first-order valence-corrected chi connectivity index (χ1v) is 7.84. The van der Waals surface area contributed by atoms with E-state index in [1.807, 2.05) is 0 Å². The van der Waals surface area contributed by atoms with Crippen LogP contribution in [0.3, 0.4) is 0 Å². The van der Waals surface area contributed by atoms with Crippen molar-refractivity contribution in [3.05, 3.63) is 0 Å². The molecule has 4 saturated carbocycles. The zero-order valence-corrected chi connectivity index (χ0v) is 12.6. The number of rotatable bonds is 5. The first-order valence-electron chi connectivity index (χ1n) is 7.84. The molecule has 1 spiro atoms. The molecule has 0 radical (unpaired) electrons. The second-order valence-corrected chi connectivity index (χ2v) is 7.36. The van der Waals surface area contributed by atoms with E-state index in [-0.39, 0.29) is 30.1 Å². The molecule has 5 nitrogen and oxygen atoms in total. The molecule has 4 aliphatic carbocycles. The van der Waals surface area contributed by atoms with Gasteiger partial charge in [-0.3, -0.25) is 4.79 Å². The Morgan fingerprint density at radius 3 is 2.76 bits per heavy atom. The zero-order valence-electron chi connectivity index (χ0n) is 12.6. The minimum Gasteiger partial charge on any atom is -0.467 e. The molecule has 2 bridgehead atoms. The minimum atomic E-state index is -0.300. The Hall–Kier alpha value is -1.10. The molecule has 0 aromatic carbocycles. The summed E-state index contributed by atoms with van der Waals surface area (Å²) in [6, 6.07) is 0. The smallest absolute Gasteiger partial charge is 0.331 e. The van der Waals surface area contributed by atoms with E-state index in [4.69, 9.17) is 9.47 Å². The Kier molecular flexibility index (Phi) is 2.72. The van der Waals surface area contributed by atoms with Crippen molar-refractivity contribution in [3.8, 4) is 0 Å². The highest BCUT2D eigenvalue weighted by Crippen LogP contribution is 2.87. The fourth-order valence-electron chi connectivity index (χ4n) is 6.25. The molecule has 5 heteroatoms. The summed E-state index contributed by atoms with van der Waals surface area (Å²) in [5.41, 5.74) is 0.556. The van der Waals surface area contributed by atoms with Gasteiger partial charge < -0.3 is 14.2 Å². The van der Waals surface area contributed by atoms with Crippen LogP contribution >= 0.6 is 0 Å². The first kappa shape index (κ1) is 13.6. The van der Waals surface area contributed by atoms with E-state index in [1.54, 1.807) is 0 Å². The minimum absolute atomic E-state index is 0.0614. The summed E-state index contributed by atoms with van der Waals surface area (Å²) in [4.78, 5) is 22.4. The van der Waals surface area contributed by atoms with Crippen molar-refractivity contribution in [2.45, 2.75) is 38.7 Å². The van der Waals surface area contributed by atoms with Gasteiger partial charge in [-0.2, -0.15) is 0 Å². The number of carbonyl (C=O) groups is 2.